The SMILES string of the molecule is CCCN1N=CN(CC)C1C(F)(F)F. The second-order valence-corrected chi connectivity index (χ2v) is 3.14. The molecule has 1 unspecified atom stereocenters. The van der Waals surface area contributed by atoms with E-state index in [1.165, 1.54) is 11.2 Å². The predicted molar refractivity (Wildman–Crippen MR) is 47.7 cm³/mol. The van der Waals surface area contributed by atoms with Crippen molar-refractivity contribution in [3.05, 3.63) is 0 Å². The Labute approximate surface area is 81.2 Å². The van der Waals surface area contributed by atoms with Crippen LogP contribution >= 0.6 is 0 Å². The van der Waals surface area contributed by atoms with E-state index in [0.717, 1.165) is 5.01 Å². The van der Waals surface area contributed by atoms with E-state index < -0.39 is 12.3 Å². The van der Waals surface area contributed by atoms with Gasteiger partial charge in [0.1, 0.15) is 6.34 Å². The monoisotopic (exact) mass is 209 g/mol. The van der Waals surface area contributed by atoms with Gasteiger partial charge < -0.3 is 4.90 Å². The van der Waals surface area contributed by atoms with Crippen LogP contribution in [-0.4, -0.2) is 41.7 Å². The Morgan fingerprint density at radius 1 is 1.36 bits per heavy atom. The van der Waals surface area contributed by atoms with Crippen molar-refractivity contribution in [3.63, 3.8) is 0 Å². The van der Waals surface area contributed by atoms with Gasteiger partial charge in [-0.15, -0.1) is 0 Å². The molecule has 3 nitrogen and oxygen atoms in total. The van der Waals surface area contributed by atoms with Crippen molar-refractivity contribution in [1.29, 1.82) is 0 Å². The minimum Gasteiger partial charge on any atom is -0.332 e. The van der Waals surface area contributed by atoms with E-state index in [2.05, 4.69) is 5.10 Å². The van der Waals surface area contributed by atoms with Crippen LogP contribution in [0.15, 0.2) is 5.10 Å². The molecule has 1 atom stereocenters. The summed E-state index contributed by atoms with van der Waals surface area (Å²) in [6.07, 6.45) is -3.91. The summed E-state index contributed by atoms with van der Waals surface area (Å²) in [6.45, 7) is 4.16. The summed E-state index contributed by atoms with van der Waals surface area (Å²) < 4.78 is 37.8. The maximum Gasteiger partial charge on any atom is 0.429 e. The Morgan fingerprint density at radius 3 is 2.43 bits per heavy atom. The lowest BCUT2D eigenvalue weighted by atomic mass is 10.3. The van der Waals surface area contributed by atoms with Gasteiger partial charge in [0.2, 0.25) is 6.17 Å². The van der Waals surface area contributed by atoms with Crippen LogP contribution in [0, 0.1) is 0 Å². The molecule has 14 heavy (non-hydrogen) atoms. The van der Waals surface area contributed by atoms with Crippen LogP contribution in [0.2, 0.25) is 0 Å². The molecule has 1 aliphatic rings. The minimum atomic E-state index is -4.25. The maximum atomic E-state index is 12.6. The molecule has 6 heteroatoms. The fraction of sp³-hybridized carbons (Fsp3) is 0.875. The first-order valence-corrected chi connectivity index (χ1v) is 4.64. The molecular weight excluding hydrogens is 195 g/mol. The van der Waals surface area contributed by atoms with Gasteiger partial charge in [0.25, 0.3) is 0 Å². The Morgan fingerprint density at radius 2 is 2.00 bits per heavy atom. The lowest BCUT2D eigenvalue weighted by Gasteiger charge is -2.31. The zero-order chi connectivity index (χ0) is 10.8. The Hall–Kier alpha value is -0.940. The molecule has 0 N–H and O–H groups in total. The summed E-state index contributed by atoms with van der Waals surface area (Å²) in [4.78, 5) is 1.19. The zero-order valence-corrected chi connectivity index (χ0v) is 8.25. The third-order valence-corrected chi connectivity index (χ3v) is 2.06. The lowest BCUT2D eigenvalue weighted by Crippen LogP contribution is -2.50. The van der Waals surface area contributed by atoms with Gasteiger partial charge in [-0.1, -0.05) is 6.92 Å². The second kappa shape index (κ2) is 4.06. The van der Waals surface area contributed by atoms with Gasteiger partial charge in [0, 0.05) is 13.1 Å². The molecule has 0 spiro atoms. The number of nitrogens with zero attached hydrogens (tertiary/aromatic N) is 3. The molecular formula is C8H14F3N3. The normalized spacial score (nSPS) is 22.2. The summed E-state index contributed by atoms with van der Waals surface area (Å²) in [5.41, 5.74) is 0. The first-order valence-electron chi connectivity index (χ1n) is 4.64. The highest BCUT2D eigenvalue weighted by atomic mass is 19.4. The molecule has 0 radical (unpaired) electrons. The third-order valence-electron chi connectivity index (χ3n) is 2.06. The molecule has 0 aromatic rings. The highest BCUT2D eigenvalue weighted by molar-refractivity contribution is 5.57. The number of alkyl halides is 3. The average molecular weight is 209 g/mol. The molecule has 0 saturated carbocycles. The van der Waals surface area contributed by atoms with Gasteiger partial charge >= 0.3 is 6.18 Å². The van der Waals surface area contributed by atoms with Gasteiger partial charge in [-0.2, -0.15) is 18.3 Å². The zero-order valence-electron chi connectivity index (χ0n) is 8.25. The van der Waals surface area contributed by atoms with Crippen molar-refractivity contribution in [2.45, 2.75) is 32.6 Å². The van der Waals surface area contributed by atoms with Crippen molar-refractivity contribution >= 4 is 6.34 Å². The molecule has 1 rings (SSSR count). The number of hydrogen-bond acceptors (Lipinski definition) is 3. The van der Waals surface area contributed by atoms with E-state index in [0.29, 0.717) is 19.5 Å². The van der Waals surface area contributed by atoms with Crippen molar-refractivity contribution in [3.8, 4) is 0 Å². The van der Waals surface area contributed by atoms with Crippen molar-refractivity contribution in [2.75, 3.05) is 13.1 Å². The highest BCUT2D eigenvalue weighted by Gasteiger charge is 2.48. The van der Waals surface area contributed by atoms with Crippen LogP contribution in [0.3, 0.4) is 0 Å². The van der Waals surface area contributed by atoms with Gasteiger partial charge in [-0.3, -0.25) is 5.01 Å². The van der Waals surface area contributed by atoms with Crippen LogP contribution in [0.1, 0.15) is 20.3 Å². The Bertz CT molecular complexity index is 214. The molecule has 0 aromatic carbocycles. The number of hydrazone groups is 1. The van der Waals surface area contributed by atoms with Crippen LogP contribution < -0.4 is 0 Å². The average Bonchev–Trinajstić information content (AvgIpc) is 2.47. The molecule has 0 bridgehead atoms. The van der Waals surface area contributed by atoms with Gasteiger partial charge in [-0.05, 0) is 13.3 Å². The topological polar surface area (TPSA) is 18.8 Å². The predicted octanol–water partition coefficient (Wildman–Crippen LogP) is 1.87. The van der Waals surface area contributed by atoms with E-state index in [1.807, 2.05) is 6.92 Å². The van der Waals surface area contributed by atoms with E-state index in [4.69, 9.17) is 0 Å². The van der Waals surface area contributed by atoms with Crippen LogP contribution in [-0.2, 0) is 0 Å². The van der Waals surface area contributed by atoms with E-state index in [9.17, 15) is 13.2 Å². The molecule has 0 aliphatic carbocycles. The highest BCUT2D eigenvalue weighted by Crippen LogP contribution is 2.29. The summed E-state index contributed by atoms with van der Waals surface area (Å²) in [5.74, 6) is 0. The van der Waals surface area contributed by atoms with Crippen molar-refractivity contribution < 1.29 is 13.2 Å². The van der Waals surface area contributed by atoms with Crippen LogP contribution in [0.4, 0.5) is 13.2 Å². The molecule has 1 aliphatic heterocycles. The summed E-state index contributed by atoms with van der Waals surface area (Å²) in [6, 6.07) is 0. The summed E-state index contributed by atoms with van der Waals surface area (Å²) >= 11 is 0. The fourth-order valence-corrected chi connectivity index (χ4v) is 1.45. The third kappa shape index (κ3) is 2.10. The number of halogens is 3. The maximum absolute atomic E-state index is 12.6. The summed E-state index contributed by atoms with van der Waals surface area (Å²) in [5, 5.41) is 4.83. The molecule has 0 saturated heterocycles. The second-order valence-electron chi connectivity index (χ2n) is 3.14. The van der Waals surface area contributed by atoms with Gasteiger partial charge in [0.15, 0.2) is 0 Å². The standard InChI is InChI=1S/C8H14F3N3/c1-3-5-14-7(8(9,10)11)13(4-2)6-12-14/h6-7H,3-5H2,1-2H3. The molecule has 82 valence electrons. The number of rotatable bonds is 3. The first kappa shape index (κ1) is 11.1. The largest absolute Gasteiger partial charge is 0.429 e. The minimum absolute atomic E-state index is 0.313. The Kier molecular flexibility index (Phi) is 3.23. The molecule has 0 fully saturated rings. The first-order chi connectivity index (χ1) is 6.50. The van der Waals surface area contributed by atoms with Crippen LogP contribution in [0.5, 0.6) is 0 Å². The van der Waals surface area contributed by atoms with Crippen molar-refractivity contribution in [2.24, 2.45) is 5.10 Å². The Balaban J connectivity index is 2.74. The summed E-state index contributed by atoms with van der Waals surface area (Å²) in [7, 11) is 0. The van der Waals surface area contributed by atoms with E-state index in [-0.39, 0.29) is 0 Å². The molecule has 0 amide bonds. The lowest BCUT2D eigenvalue weighted by molar-refractivity contribution is -0.206. The van der Waals surface area contributed by atoms with E-state index >= 15 is 0 Å². The van der Waals surface area contributed by atoms with Crippen LogP contribution in [0.25, 0.3) is 0 Å². The molecule has 0 aromatic heterocycles. The van der Waals surface area contributed by atoms with Gasteiger partial charge in [0.05, 0.1) is 0 Å². The van der Waals surface area contributed by atoms with Gasteiger partial charge in [-0.25, -0.2) is 0 Å². The van der Waals surface area contributed by atoms with E-state index in [1.54, 1.807) is 6.92 Å². The number of hydrogen-bond donors (Lipinski definition) is 0. The quantitative estimate of drug-likeness (QED) is 0.706. The van der Waals surface area contributed by atoms with Crippen molar-refractivity contribution in [1.82, 2.24) is 9.91 Å². The smallest absolute Gasteiger partial charge is 0.332 e. The fourth-order valence-electron chi connectivity index (χ4n) is 1.45. The molecule has 1 heterocycles.